The Morgan fingerprint density at radius 1 is 1.22 bits per heavy atom. The highest BCUT2D eigenvalue weighted by atomic mass is 32.2. The molecule has 0 saturated carbocycles. The minimum absolute atomic E-state index is 0.0416. The highest BCUT2D eigenvalue weighted by Crippen LogP contribution is 2.33. The van der Waals surface area contributed by atoms with Crippen LogP contribution in [0.4, 0.5) is 0 Å². The zero-order valence-electron chi connectivity index (χ0n) is 15.2. The Hall–Kier alpha value is -2.55. The molecule has 3 rings (SSSR count). The Bertz CT molecular complexity index is 922. The van der Waals surface area contributed by atoms with Crippen molar-refractivity contribution in [2.24, 2.45) is 0 Å². The van der Waals surface area contributed by atoms with Crippen molar-refractivity contribution in [1.82, 2.24) is 10.5 Å². The summed E-state index contributed by atoms with van der Waals surface area (Å²) in [4.78, 5) is 12.3. The van der Waals surface area contributed by atoms with E-state index in [2.05, 4.69) is 10.5 Å². The first-order valence-corrected chi connectivity index (χ1v) is 10.6. The van der Waals surface area contributed by atoms with Crippen molar-refractivity contribution in [3.63, 3.8) is 0 Å². The van der Waals surface area contributed by atoms with Crippen LogP contribution in [0, 0.1) is 0 Å². The molecule has 9 heteroatoms. The van der Waals surface area contributed by atoms with E-state index in [9.17, 15) is 13.2 Å². The van der Waals surface area contributed by atoms with Gasteiger partial charge in [-0.3, -0.25) is 4.79 Å². The number of ether oxygens (including phenoxy) is 2. The van der Waals surface area contributed by atoms with Gasteiger partial charge in [0.15, 0.2) is 32.8 Å². The van der Waals surface area contributed by atoms with Gasteiger partial charge >= 0.3 is 0 Å². The molecule has 2 heterocycles. The number of sulfone groups is 1. The van der Waals surface area contributed by atoms with Crippen LogP contribution in [-0.4, -0.2) is 50.2 Å². The van der Waals surface area contributed by atoms with Crippen LogP contribution in [0.1, 0.15) is 30.8 Å². The van der Waals surface area contributed by atoms with Crippen LogP contribution in [0.3, 0.4) is 0 Å². The molecule has 0 aliphatic carbocycles. The number of rotatable bonds is 7. The number of nitrogens with one attached hydrogen (secondary N) is 1. The van der Waals surface area contributed by atoms with Crippen LogP contribution in [0.5, 0.6) is 11.5 Å². The number of carbonyl (C=O) groups is 1. The molecule has 1 fully saturated rings. The number of amides is 1. The monoisotopic (exact) mass is 394 g/mol. The van der Waals surface area contributed by atoms with E-state index in [-0.39, 0.29) is 17.2 Å². The minimum Gasteiger partial charge on any atom is -0.490 e. The molecule has 1 amide bonds. The van der Waals surface area contributed by atoms with E-state index in [4.69, 9.17) is 14.0 Å². The fourth-order valence-corrected chi connectivity index (χ4v) is 4.56. The van der Waals surface area contributed by atoms with Crippen LogP contribution in [-0.2, 0) is 9.84 Å². The molecule has 1 saturated heterocycles. The molecule has 8 nitrogen and oxygen atoms in total. The molecule has 1 atom stereocenters. The molecular weight excluding hydrogens is 372 g/mol. The number of nitrogens with zero attached hydrogens (tertiary/aromatic N) is 1. The van der Waals surface area contributed by atoms with Crippen molar-refractivity contribution in [2.75, 3.05) is 24.7 Å². The third kappa shape index (κ3) is 4.60. The lowest BCUT2D eigenvalue weighted by Gasteiger charge is -2.11. The van der Waals surface area contributed by atoms with E-state index in [1.807, 2.05) is 13.8 Å². The minimum atomic E-state index is -3.06. The largest absolute Gasteiger partial charge is 0.490 e. The molecule has 1 aromatic heterocycles. The fourth-order valence-electron chi connectivity index (χ4n) is 2.89. The van der Waals surface area contributed by atoms with Gasteiger partial charge in [0.05, 0.1) is 24.7 Å². The summed E-state index contributed by atoms with van der Waals surface area (Å²) in [6.45, 7) is 4.77. The molecule has 1 N–H and O–H groups in total. The molecule has 0 radical (unpaired) electrons. The Morgan fingerprint density at radius 3 is 2.63 bits per heavy atom. The maximum Gasteiger partial charge on any atom is 0.273 e. The van der Waals surface area contributed by atoms with E-state index in [0.717, 1.165) is 0 Å². The molecule has 1 aromatic carbocycles. The van der Waals surface area contributed by atoms with Gasteiger partial charge < -0.3 is 19.3 Å². The third-order valence-corrected chi connectivity index (χ3v) is 5.91. The smallest absolute Gasteiger partial charge is 0.273 e. The molecule has 0 bridgehead atoms. The first-order valence-electron chi connectivity index (χ1n) is 8.80. The molecule has 0 spiro atoms. The van der Waals surface area contributed by atoms with Gasteiger partial charge in [-0.05, 0) is 38.5 Å². The summed E-state index contributed by atoms with van der Waals surface area (Å²) in [5.74, 6) is 1.21. The number of aromatic nitrogens is 1. The maximum atomic E-state index is 12.3. The average molecular weight is 394 g/mol. The van der Waals surface area contributed by atoms with E-state index >= 15 is 0 Å². The first kappa shape index (κ1) is 19.2. The highest BCUT2D eigenvalue weighted by molar-refractivity contribution is 7.91. The SMILES string of the molecule is CCOc1ccc(-c2cc(C(=O)N[C@@H]3CCS(=O)(=O)C3)no2)cc1OCC. The molecule has 2 aromatic rings. The number of benzene rings is 1. The Labute approximate surface area is 157 Å². The van der Waals surface area contributed by atoms with Crippen molar-refractivity contribution in [3.05, 3.63) is 30.0 Å². The highest BCUT2D eigenvalue weighted by Gasteiger charge is 2.29. The lowest BCUT2D eigenvalue weighted by atomic mass is 10.1. The van der Waals surface area contributed by atoms with Crippen LogP contribution < -0.4 is 14.8 Å². The molecular formula is C18H22N2O6S. The van der Waals surface area contributed by atoms with E-state index in [0.29, 0.717) is 42.5 Å². The van der Waals surface area contributed by atoms with Crippen LogP contribution >= 0.6 is 0 Å². The number of carbonyl (C=O) groups excluding carboxylic acids is 1. The molecule has 27 heavy (non-hydrogen) atoms. The summed E-state index contributed by atoms with van der Waals surface area (Å²) < 4.78 is 39.4. The zero-order chi connectivity index (χ0) is 19.4. The summed E-state index contributed by atoms with van der Waals surface area (Å²) >= 11 is 0. The Kier molecular flexibility index (Phi) is 5.69. The second-order valence-corrected chi connectivity index (χ2v) is 8.41. The second-order valence-electron chi connectivity index (χ2n) is 6.18. The van der Waals surface area contributed by atoms with Crippen molar-refractivity contribution in [2.45, 2.75) is 26.3 Å². The summed E-state index contributed by atoms with van der Waals surface area (Å²) in [5, 5.41) is 6.48. The van der Waals surface area contributed by atoms with Gasteiger partial charge in [0.25, 0.3) is 5.91 Å². The standard InChI is InChI=1S/C18H22N2O6S/c1-3-24-15-6-5-12(9-17(15)25-4-2)16-10-14(20-26-16)18(21)19-13-7-8-27(22,23)11-13/h5-6,9-10,13H,3-4,7-8,11H2,1-2H3,(H,19,21)/t13-/m1/s1. The van der Waals surface area contributed by atoms with Crippen molar-refractivity contribution in [1.29, 1.82) is 0 Å². The third-order valence-electron chi connectivity index (χ3n) is 4.14. The van der Waals surface area contributed by atoms with Crippen molar-refractivity contribution >= 4 is 15.7 Å². The topological polar surface area (TPSA) is 108 Å². The number of hydrogen-bond donors (Lipinski definition) is 1. The van der Waals surface area contributed by atoms with Gasteiger partial charge in [-0.15, -0.1) is 0 Å². The van der Waals surface area contributed by atoms with Crippen LogP contribution in [0.2, 0.25) is 0 Å². The Balaban J connectivity index is 1.75. The summed E-state index contributed by atoms with van der Waals surface area (Å²) in [6.07, 6.45) is 0.412. The number of hydrogen-bond acceptors (Lipinski definition) is 7. The second kappa shape index (κ2) is 7.99. The lowest BCUT2D eigenvalue weighted by molar-refractivity contribution is 0.0932. The quantitative estimate of drug-likeness (QED) is 0.766. The van der Waals surface area contributed by atoms with Gasteiger partial charge in [-0.25, -0.2) is 8.42 Å². The van der Waals surface area contributed by atoms with Gasteiger partial charge in [0.1, 0.15) is 0 Å². The van der Waals surface area contributed by atoms with Gasteiger partial charge in [-0.2, -0.15) is 0 Å². The Morgan fingerprint density at radius 2 is 1.96 bits per heavy atom. The lowest BCUT2D eigenvalue weighted by Crippen LogP contribution is -2.35. The van der Waals surface area contributed by atoms with Crippen molar-refractivity contribution < 1.29 is 27.2 Å². The molecule has 0 unspecified atom stereocenters. The van der Waals surface area contributed by atoms with E-state index in [1.165, 1.54) is 6.07 Å². The van der Waals surface area contributed by atoms with E-state index in [1.54, 1.807) is 18.2 Å². The molecule has 146 valence electrons. The van der Waals surface area contributed by atoms with Crippen LogP contribution in [0.15, 0.2) is 28.8 Å². The first-order chi connectivity index (χ1) is 12.9. The zero-order valence-corrected chi connectivity index (χ0v) is 16.0. The summed E-state index contributed by atoms with van der Waals surface area (Å²) in [6, 6.07) is 6.46. The normalized spacial score (nSPS) is 18.2. The molecule has 1 aliphatic rings. The van der Waals surface area contributed by atoms with E-state index < -0.39 is 21.8 Å². The van der Waals surface area contributed by atoms with Gasteiger partial charge in [0, 0.05) is 17.7 Å². The fraction of sp³-hybridized carbons (Fsp3) is 0.444. The molecule has 1 aliphatic heterocycles. The maximum absolute atomic E-state index is 12.3. The summed E-state index contributed by atoms with van der Waals surface area (Å²) in [5.41, 5.74) is 0.790. The average Bonchev–Trinajstić information content (AvgIpc) is 3.23. The van der Waals surface area contributed by atoms with Crippen molar-refractivity contribution in [3.8, 4) is 22.8 Å². The van der Waals surface area contributed by atoms with Gasteiger partial charge in [0.2, 0.25) is 0 Å². The predicted octanol–water partition coefficient (Wildman–Crippen LogP) is 2.06. The summed E-state index contributed by atoms with van der Waals surface area (Å²) in [7, 11) is -3.06. The van der Waals surface area contributed by atoms with Gasteiger partial charge in [-0.1, -0.05) is 5.16 Å². The van der Waals surface area contributed by atoms with Crippen LogP contribution in [0.25, 0.3) is 11.3 Å². The predicted molar refractivity (Wildman–Crippen MR) is 98.8 cm³/mol.